The van der Waals surface area contributed by atoms with Gasteiger partial charge in [0.1, 0.15) is 5.82 Å². The van der Waals surface area contributed by atoms with Crippen molar-refractivity contribution in [2.24, 2.45) is 4.99 Å². The lowest BCUT2D eigenvalue weighted by atomic mass is 10.00. The summed E-state index contributed by atoms with van der Waals surface area (Å²) in [6, 6.07) is 6.58. The Morgan fingerprint density at radius 2 is 1.88 bits per heavy atom. The quantitative estimate of drug-likeness (QED) is 0.349. The predicted molar refractivity (Wildman–Crippen MR) is 96.9 cm³/mol. The molecule has 0 amide bonds. The third-order valence-corrected chi connectivity index (χ3v) is 4.33. The molecule has 26 heavy (non-hydrogen) atoms. The van der Waals surface area contributed by atoms with Crippen LogP contribution in [0.4, 0.5) is 23.2 Å². The molecule has 0 unspecified atom stereocenters. The summed E-state index contributed by atoms with van der Waals surface area (Å²) in [6.07, 6.45) is -2.95. The van der Waals surface area contributed by atoms with Crippen LogP contribution in [0.25, 0.3) is 0 Å². The van der Waals surface area contributed by atoms with Crippen molar-refractivity contribution in [3.05, 3.63) is 63.4 Å². The van der Waals surface area contributed by atoms with E-state index in [0.29, 0.717) is 21.8 Å². The third-order valence-electron chi connectivity index (χ3n) is 3.90. The minimum atomic E-state index is -4.74. The van der Waals surface area contributed by atoms with E-state index in [1.807, 2.05) is 25.8 Å². The largest absolute Gasteiger partial charge is 0.419 e. The highest BCUT2D eigenvalue weighted by Gasteiger charge is 2.34. The molecular formula is C19H19ClF4N2. The van der Waals surface area contributed by atoms with Gasteiger partial charge in [0.2, 0.25) is 0 Å². The number of hydrogen-bond acceptors (Lipinski definition) is 1. The average molecular weight is 387 g/mol. The summed E-state index contributed by atoms with van der Waals surface area (Å²) in [5, 5.41) is 0.370. The number of aryl methyl sites for hydroxylation is 1. The van der Waals surface area contributed by atoms with E-state index in [-0.39, 0.29) is 6.42 Å². The molecule has 0 atom stereocenters. The minimum Gasteiger partial charge on any atom is -0.366 e. The Hall–Kier alpha value is -2.08. The van der Waals surface area contributed by atoms with Crippen molar-refractivity contribution in [2.45, 2.75) is 26.4 Å². The van der Waals surface area contributed by atoms with Gasteiger partial charge in [-0.1, -0.05) is 23.7 Å². The van der Waals surface area contributed by atoms with E-state index in [1.54, 1.807) is 18.5 Å². The lowest BCUT2D eigenvalue weighted by molar-refractivity contribution is -0.140. The van der Waals surface area contributed by atoms with E-state index in [4.69, 9.17) is 11.6 Å². The normalized spacial score (nSPS) is 12.0. The molecule has 0 aliphatic carbocycles. The molecule has 2 aromatic carbocycles. The van der Waals surface area contributed by atoms with Crippen molar-refractivity contribution in [1.82, 2.24) is 4.90 Å². The van der Waals surface area contributed by atoms with Gasteiger partial charge in [0, 0.05) is 13.6 Å². The van der Waals surface area contributed by atoms with Crippen molar-refractivity contribution in [2.75, 3.05) is 13.6 Å². The number of hydrogen-bond donors (Lipinski definition) is 0. The summed E-state index contributed by atoms with van der Waals surface area (Å²) in [5.74, 6) is -1.29. The Morgan fingerprint density at radius 1 is 1.19 bits per heavy atom. The zero-order valence-electron chi connectivity index (χ0n) is 14.7. The summed E-state index contributed by atoms with van der Waals surface area (Å²) >= 11 is 6.39. The maximum Gasteiger partial charge on any atom is 0.419 e. The van der Waals surface area contributed by atoms with E-state index in [0.717, 1.165) is 24.2 Å². The fourth-order valence-electron chi connectivity index (χ4n) is 2.41. The van der Waals surface area contributed by atoms with E-state index in [2.05, 4.69) is 4.99 Å². The van der Waals surface area contributed by atoms with E-state index >= 15 is 0 Å². The van der Waals surface area contributed by atoms with Crippen LogP contribution in [-0.4, -0.2) is 24.8 Å². The van der Waals surface area contributed by atoms with Gasteiger partial charge in [-0.2, -0.15) is 13.2 Å². The Bertz CT molecular complexity index is 816. The van der Waals surface area contributed by atoms with Gasteiger partial charge in [0.15, 0.2) is 0 Å². The molecule has 0 fully saturated rings. The predicted octanol–water partition coefficient (Wildman–Crippen LogP) is 6.01. The standard InChI is InChI=1S/C19H19ClF4N2/c1-4-26(3)11-25-17-8-12(2)7-14(18(17)20)9-13-5-6-16(21)15(10-13)19(22,23)24/h5-8,10-11H,4,9H2,1-3H3. The van der Waals surface area contributed by atoms with Gasteiger partial charge in [-0.15, -0.1) is 0 Å². The minimum absolute atomic E-state index is 0.149. The van der Waals surface area contributed by atoms with Gasteiger partial charge < -0.3 is 4.90 Å². The lowest BCUT2D eigenvalue weighted by Gasteiger charge is -2.13. The molecule has 0 saturated heterocycles. The van der Waals surface area contributed by atoms with Crippen molar-refractivity contribution in [1.29, 1.82) is 0 Å². The zero-order valence-corrected chi connectivity index (χ0v) is 15.4. The fraction of sp³-hybridized carbons (Fsp3) is 0.316. The second-order valence-corrected chi connectivity index (χ2v) is 6.44. The number of benzene rings is 2. The molecule has 0 heterocycles. The molecule has 7 heteroatoms. The molecular weight excluding hydrogens is 368 g/mol. The molecule has 0 aliphatic heterocycles. The zero-order chi connectivity index (χ0) is 19.5. The lowest BCUT2D eigenvalue weighted by Crippen LogP contribution is -2.14. The molecule has 0 N–H and O–H groups in total. The molecule has 0 saturated carbocycles. The van der Waals surface area contributed by atoms with Crippen molar-refractivity contribution in [3.8, 4) is 0 Å². The summed E-state index contributed by atoms with van der Waals surface area (Å²) in [5.41, 5.74) is 1.11. The van der Waals surface area contributed by atoms with Gasteiger partial charge in [0.05, 0.1) is 22.6 Å². The van der Waals surface area contributed by atoms with Crippen LogP contribution in [0.5, 0.6) is 0 Å². The Balaban J connectivity index is 2.39. The SMILES string of the molecule is CCN(C)C=Nc1cc(C)cc(Cc2ccc(F)c(C(F)(F)F)c2)c1Cl. The van der Waals surface area contributed by atoms with Gasteiger partial charge >= 0.3 is 6.18 Å². The maximum absolute atomic E-state index is 13.5. The first-order valence-electron chi connectivity index (χ1n) is 8.01. The molecule has 0 aromatic heterocycles. The third kappa shape index (κ3) is 4.97. The number of nitrogens with zero attached hydrogens (tertiary/aromatic N) is 2. The first-order valence-corrected chi connectivity index (χ1v) is 8.38. The van der Waals surface area contributed by atoms with Crippen LogP contribution in [0, 0.1) is 12.7 Å². The average Bonchev–Trinajstić information content (AvgIpc) is 2.56. The van der Waals surface area contributed by atoms with Crippen LogP contribution in [0.2, 0.25) is 5.02 Å². The number of rotatable bonds is 5. The topological polar surface area (TPSA) is 15.6 Å². The fourth-order valence-corrected chi connectivity index (χ4v) is 2.63. The summed E-state index contributed by atoms with van der Waals surface area (Å²) in [4.78, 5) is 6.21. The number of halogens is 5. The molecule has 2 nitrogen and oxygen atoms in total. The molecule has 2 rings (SSSR count). The van der Waals surface area contributed by atoms with Crippen molar-refractivity contribution >= 4 is 23.6 Å². The second-order valence-electron chi connectivity index (χ2n) is 6.06. The van der Waals surface area contributed by atoms with Crippen LogP contribution in [0.15, 0.2) is 35.3 Å². The molecule has 140 valence electrons. The molecule has 2 aromatic rings. The first kappa shape index (κ1) is 20.2. The number of alkyl halides is 3. The molecule has 0 aliphatic rings. The van der Waals surface area contributed by atoms with Gasteiger partial charge in [-0.25, -0.2) is 9.38 Å². The van der Waals surface area contributed by atoms with Gasteiger partial charge in [0.25, 0.3) is 0 Å². The van der Waals surface area contributed by atoms with Crippen molar-refractivity contribution in [3.63, 3.8) is 0 Å². The summed E-state index contributed by atoms with van der Waals surface area (Å²) < 4.78 is 52.1. The monoisotopic (exact) mass is 386 g/mol. The molecule has 0 radical (unpaired) electrons. The van der Waals surface area contributed by atoms with Gasteiger partial charge in [-0.3, -0.25) is 0 Å². The van der Waals surface area contributed by atoms with Crippen LogP contribution < -0.4 is 0 Å². The number of aliphatic imine (C=N–C) groups is 1. The second kappa shape index (κ2) is 8.08. The Morgan fingerprint density at radius 3 is 2.50 bits per heavy atom. The highest BCUT2D eigenvalue weighted by atomic mass is 35.5. The Kier molecular flexibility index (Phi) is 6.29. The van der Waals surface area contributed by atoms with Crippen LogP contribution >= 0.6 is 11.6 Å². The molecule has 0 spiro atoms. The van der Waals surface area contributed by atoms with Gasteiger partial charge in [-0.05, 0) is 55.2 Å². The Labute approximate surface area is 155 Å². The highest BCUT2D eigenvalue weighted by Crippen LogP contribution is 2.34. The van der Waals surface area contributed by atoms with Crippen LogP contribution in [0.3, 0.4) is 0 Å². The van der Waals surface area contributed by atoms with E-state index in [1.165, 1.54) is 6.07 Å². The van der Waals surface area contributed by atoms with Crippen LogP contribution in [0.1, 0.15) is 29.2 Å². The highest BCUT2D eigenvalue weighted by molar-refractivity contribution is 6.33. The smallest absolute Gasteiger partial charge is 0.366 e. The molecule has 0 bridgehead atoms. The van der Waals surface area contributed by atoms with Crippen molar-refractivity contribution < 1.29 is 17.6 Å². The maximum atomic E-state index is 13.5. The summed E-state index contributed by atoms with van der Waals surface area (Å²) in [7, 11) is 1.87. The van der Waals surface area contributed by atoms with E-state index < -0.39 is 17.6 Å². The van der Waals surface area contributed by atoms with Crippen LogP contribution in [-0.2, 0) is 12.6 Å². The van der Waals surface area contributed by atoms with E-state index in [9.17, 15) is 17.6 Å². The first-order chi connectivity index (χ1) is 12.1. The summed E-state index contributed by atoms with van der Waals surface area (Å²) in [6.45, 7) is 4.60.